The molecule has 1 rings (SSSR count). The molecule has 0 amide bonds. The molecule has 6 heteroatoms. The summed E-state index contributed by atoms with van der Waals surface area (Å²) in [7, 11) is 1.40. The van der Waals surface area contributed by atoms with Gasteiger partial charge in [-0.3, -0.25) is 4.79 Å². The third-order valence-corrected chi connectivity index (χ3v) is 2.28. The summed E-state index contributed by atoms with van der Waals surface area (Å²) in [5, 5.41) is 0. The summed E-state index contributed by atoms with van der Waals surface area (Å²) in [5.41, 5.74) is 1.12. The van der Waals surface area contributed by atoms with Crippen LogP contribution in [-0.4, -0.2) is 13.1 Å². The van der Waals surface area contributed by atoms with Crippen LogP contribution >= 0.6 is 0 Å². The maximum absolute atomic E-state index is 11.5. The van der Waals surface area contributed by atoms with Crippen molar-refractivity contribution in [2.24, 2.45) is 5.92 Å². The van der Waals surface area contributed by atoms with Crippen LogP contribution in [0.15, 0.2) is 30.3 Å². The van der Waals surface area contributed by atoms with E-state index in [4.69, 9.17) is 18.7 Å². The van der Waals surface area contributed by atoms with Crippen molar-refractivity contribution in [2.75, 3.05) is 7.11 Å². The molecule has 0 N–H and O–H groups in total. The van der Waals surface area contributed by atoms with E-state index in [0.717, 1.165) is 5.56 Å². The van der Waals surface area contributed by atoms with Crippen molar-refractivity contribution in [1.82, 2.24) is 0 Å². The van der Waals surface area contributed by atoms with Crippen LogP contribution in [0.3, 0.4) is 0 Å². The predicted molar refractivity (Wildman–Crippen MR) is 75.7 cm³/mol. The van der Waals surface area contributed by atoms with Crippen LogP contribution in [0, 0.1) is 52.1 Å². The van der Waals surface area contributed by atoms with Gasteiger partial charge in [0.2, 0.25) is 0 Å². The third kappa shape index (κ3) is 16.6. The second-order valence-electron chi connectivity index (χ2n) is 3.44. The number of ether oxygens (including phenoxy) is 1. The van der Waals surface area contributed by atoms with Crippen molar-refractivity contribution >= 4 is 5.97 Å². The minimum Gasteiger partial charge on any atom is -0.469 e. The van der Waals surface area contributed by atoms with Crippen molar-refractivity contribution in [2.45, 2.75) is 6.42 Å². The van der Waals surface area contributed by atoms with Gasteiger partial charge in [0.25, 0.3) is 0 Å². The van der Waals surface area contributed by atoms with E-state index >= 15 is 0 Å². The molecule has 5 nitrogen and oxygen atoms in total. The van der Waals surface area contributed by atoms with Crippen molar-refractivity contribution in [1.29, 1.82) is 0 Å². The van der Waals surface area contributed by atoms with Crippen LogP contribution in [0.25, 0.3) is 0 Å². The Morgan fingerprint density at radius 3 is 2.04 bits per heavy atom. The molecule has 23 heavy (non-hydrogen) atoms. The fourth-order valence-electron chi connectivity index (χ4n) is 1.46. The number of benzene rings is 1. The molecule has 0 aromatic heterocycles. The van der Waals surface area contributed by atoms with Crippen LogP contribution in [-0.2, 0) is 47.0 Å². The van der Waals surface area contributed by atoms with Gasteiger partial charge in [-0.2, -0.15) is 0 Å². The van der Waals surface area contributed by atoms with Gasteiger partial charge >= 0.3 is 39.9 Å². The van der Waals surface area contributed by atoms with Gasteiger partial charge in [0, 0.05) is 17.1 Å². The topological polar surface area (TPSA) is 86.0 Å². The molecule has 0 aliphatic carbocycles. The molecule has 0 aliphatic heterocycles. The first-order valence-electron chi connectivity index (χ1n) is 5.80. The first kappa shape index (κ1) is 29.4. The molecule has 0 aliphatic rings. The summed E-state index contributed by atoms with van der Waals surface area (Å²) in [5.74, 6) is -0.465. The Morgan fingerprint density at radius 1 is 1.17 bits per heavy atom. The number of methoxy groups -OCH3 is 1. The fourth-order valence-corrected chi connectivity index (χ4v) is 1.46. The first-order valence-corrected chi connectivity index (χ1v) is 5.80. The van der Waals surface area contributed by atoms with Crippen LogP contribution < -0.4 is 0 Å². The number of carbonyl (C=O) groups excluding carboxylic acids is 1. The van der Waals surface area contributed by atoms with E-state index in [9.17, 15) is 4.79 Å². The Morgan fingerprint density at radius 2 is 1.65 bits per heavy atom. The summed E-state index contributed by atoms with van der Waals surface area (Å²) < 4.78 is 27.3. The van der Waals surface area contributed by atoms with Gasteiger partial charge in [-0.1, -0.05) is 30.3 Å². The summed E-state index contributed by atoms with van der Waals surface area (Å²) in [6.07, 6.45) is 5.88. The van der Waals surface area contributed by atoms with Gasteiger partial charge in [0.05, 0.1) is 13.0 Å². The van der Waals surface area contributed by atoms with Crippen LogP contribution in [0.1, 0.15) is 5.56 Å². The van der Waals surface area contributed by atoms with Crippen molar-refractivity contribution < 1.29 is 40.6 Å². The molecule has 1 aromatic rings. The maximum Gasteiger partial charge on any atom is 0.309 e. The molecule has 122 valence electrons. The Hall–Kier alpha value is -1.57. The zero-order chi connectivity index (χ0) is 17.8. The molecular formula is C17H16FeO5. The maximum atomic E-state index is 11.5. The van der Waals surface area contributed by atoms with E-state index < -0.39 is 0 Å². The van der Waals surface area contributed by atoms with Crippen molar-refractivity contribution in [3.8, 4) is 0 Å². The smallest absolute Gasteiger partial charge is 0.309 e. The molecule has 0 saturated carbocycles. The van der Waals surface area contributed by atoms with Gasteiger partial charge in [-0.05, 0) is 38.2 Å². The molecule has 0 unspecified atom stereocenters. The second kappa shape index (κ2) is 25.4. The Kier molecular flexibility index (Phi) is 32.5. The Labute approximate surface area is 148 Å². The monoisotopic (exact) mass is 356 g/mol. The third-order valence-electron chi connectivity index (χ3n) is 2.28. The van der Waals surface area contributed by atoms with E-state index in [-0.39, 0.29) is 29.0 Å². The predicted octanol–water partition coefficient (Wildman–Crippen LogP) is 2.35. The number of esters is 1. The Balaban J connectivity index is -0.000000231. The number of unbranched alkanes of at least 4 members (excludes halogenated alkanes) is 1. The normalized spacial score (nSPS) is 8.70. The largest absolute Gasteiger partial charge is 0.469 e. The van der Waals surface area contributed by atoms with E-state index in [1.165, 1.54) is 7.11 Å². The number of hydrogen-bond acceptors (Lipinski definition) is 2. The summed E-state index contributed by atoms with van der Waals surface area (Å²) in [6.45, 7) is 17.1. The molecular weight excluding hydrogens is 340 g/mol. The van der Waals surface area contributed by atoms with Gasteiger partial charge in [0.1, 0.15) is 0 Å². The summed E-state index contributed by atoms with van der Waals surface area (Å²) in [4.78, 5) is 11.5. The SMILES string of the molecule is [C-]#[O+].[C-]#[O+].[C-]#[O+].[CH2][CH][CH][CH][C@H](Cc1ccccc1)C(=O)OC.[Fe]. The second-order valence-corrected chi connectivity index (χ2v) is 3.44. The minimum absolute atomic E-state index is 0. The molecule has 1 atom stereocenters. The van der Waals surface area contributed by atoms with E-state index in [0.29, 0.717) is 6.42 Å². The number of rotatable bonds is 6. The molecule has 0 bridgehead atoms. The molecule has 0 spiro atoms. The average Bonchev–Trinajstić information content (AvgIpc) is 2.64. The van der Waals surface area contributed by atoms with Crippen molar-refractivity contribution in [3.63, 3.8) is 0 Å². The number of hydrogen-bond donors (Lipinski definition) is 0. The molecule has 0 heterocycles. The zero-order valence-corrected chi connectivity index (χ0v) is 13.6. The van der Waals surface area contributed by atoms with Gasteiger partial charge in [-0.25, -0.2) is 0 Å². The quantitative estimate of drug-likeness (QED) is 0.339. The van der Waals surface area contributed by atoms with Gasteiger partial charge < -0.3 is 4.74 Å². The fraction of sp³-hybridized carbons (Fsp3) is 0.176. The minimum atomic E-state index is -0.245. The number of carbonyl (C=O) groups is 1. The van der Waals surface area contributed by atoms with Crippen LogP contribution in [0.5, 0.6) is 0 Å². The van der Waals surface area contributed by atoms with Gasteiger partial charge in [0.15, 0.2) is 0 Å². The van der Waals surface area contributed by atoms with Crippen LogP contribution in [0.4, 0.5) is 0 Å². The summed E-state index contributed by atoms with van der Waals surface area (Å²) in [6, 6.07) is 9.87. The van der Waals surface area contributed by atoms with Crippen LogP contribution in [0.2, 0.25) is 0 Å². The Bertz CT molecular complexity index is 411. The average molecular weight is 356 g/mol. The molecule has 4 radical (unpaired) electrons. The first-order chi connectivity index (χ1) is 10.8. The standard InChI is InChI=1S/C14H16O2.3CO.Fe/c1-3-4-10-13(14(15)16-2)11-12-8-6-5-7-9-12;3*1-2;/h3-10,13H,1,11H2,2H3;;;;/t13-;;;;/m1..../s1. The van der Waals surface area contributed by atoms with Gasteiger partial charge in [-0.15, -0.1) is 0 Å². The van der Waals surface area contributed by atoms with E-state index in [1.54, 1.807) is 12.8 Å². The van der Waals surface area contributed by atoms with E-state index in [2.05, 4.69) is 26.9 Å². The van der Waals surface area contributed by atoms with Crippen molar-refractivity contribution in [3.05, 3.63) is 82.0 Å². The molecule has 1 aromatic carbocycles. The molecule has 0 saturated heterocycles. The zero-order valence-electron chi connectivity index (χ0n) is 12.5. The summed E-state index contributed by atoms with van der Waals surface area (Å²) >= 11 is 0. The molecule has 0 fully saturated rings. The van der Waals surface area contributed by atoms with E-state index in [1.807, 2.05) is 36.8 Å².